The molecule has 0 aliphatic carbocycles. The number of amides is 2. The Bertz CT molecular complexity index is 850. The van der Waals surface area contributed by atoms with Crippen LogP contribution in [0.3, 0.4) is 0 Å². The van der Waals surface area contributed by atoms with Gasteiger partial charge in [-0.15, -0.1) is 0 Å². The van der Waals surface area contributed by atoms with Crippen LogP contribution in [0.1, 0.15) is 40.1 Å². The zero-order valence-electron chi connectivity index (χ0n) is 16.7. The lowest BCUT2D eigenvalue weighted by Gasteiger charge is -2.20. The maximum atomic E-state index is 12.8. The van der Waals surface area contributed by atoms with Crippen LogP contribution in [0.15, 0.2) is 36.4 Å². The molecule has 7 heteroatoms. The molecule has 0 radical (unpaired) electrons. The van der Waals surface area contributed by atoms with Crippen LogP contribution in [0, 0.1) is 0 Å². The van der Waals surface area contributed by atoms with Crippen LogP contribution in [0.2, 0.25) is 5.02 Å². The van der Waals surface area contributed by atoms with Gasteiger partial charge in [-0.1, -0.05) is 23.7 Å². The number of nitrogens with zero attached hydrogens (tertiary/aromatic N) is 1. The van der Waals surface area contributed by atoms with Gasteiger partial charge in [-0.25, -0.2) is 0 Å². The Morgan fingerprint density at radius 2 is 1.79 bits per heavy atom. The van der Waals surface area contributed by atoms with Gasteiger partial charge in [-0.2, -0.15) is 0 Å². The monoisotopic (exact) mass is 404 g/mol. The molecule has 2 rings (SSSR count). The topological polar surface area (TPSA) is 67.9 Å². The maximum absolute atomic E-state index is 12.8. The molecule has 1 N–H and O–H groups in total. The van der Waals surface area contributed by atoms with E-state index in [1.807, 2.05) is 26.0 Å². The summed E-state index contributed by atoms with van der Waals surface area (Å²) < 4.78 is 11.0. The normalized spacial score (nSPS) is 10.5. The van der Waals surface area contributed by atoms with E-state index < -0.39 is 0 Å². The summed E-state index contributed by atoms with van der Waals surface area (Å²) in [7, 11) is 4.79. The Morgan fingerprint density at radius 1 is 1.14 bits per heavy atom. The van der Waals surface area contributed by atoms with E-state index >= 15 is 0 Å². The SMILES string of the molecule is CNC(=O)c1ccc(CN(C)C(=O)c2cc(Cl)c(OC(C)C)c(OC)c2)cc1. The van der Waals surface area contributed by atoms with Gasteiger partial charge in [0.05, 0.1) is 18.2 Å². The highest BCUT2D eigenvalue weighted by Gasteiger charge is 2.19. The summed E-state index contributed by atoms with van der Waals surface area (Å²) in [6, 6.07) is 10.3. The van der Waals surface area contributed by atoms with Gasteiger partial charge in [0.25, 0.3) is 11.8 Å². The first kappa shape index (κ1) is 21.6. The van der Waals surface area contributed by atoms with Gasteiger partial charge in [-0.3, -0.25) is 9.59 Å². The third kappa shape index (κ3) is 5.16. The molecule has 0 spiro atoms. The summed E-state index contributed by atoms with van der Waals surface area (Å²) in [6.45, 7) is 4.16. The van der Waals surface area contributed by atoms with E-state index in [0.717, 1.165) is 5.56 Å². The Kier molecular flexibility index (Phi) is 7.29. The molecule has 2 aromatic carbocycles. The zero-order valence-corrected chi connectivity index (χ0v) is 17.5. The van der Waals surface area contributed by atoms with Gasteiger partial charge in [-0.05, 0) is 43.7 Å². The molecule has 0 aliphatic heterocycles. The Hall–Kier alpha value is -2.73. The molecule has 0 fully saturated rings. The molecule has 0 aromatic heterocycles. The van der Waals surface area contributed by atoms with Crippen LogP contribution < -0.4 is 14.8 Å². The van der Waals surface area contributed by atoms with Crippen LogP contribution >= 0.6 is 11.6 Å². The Labute approximate surface area is 170 Å². The quantitative estimate of drug-likeness (QED) is 0.762. The number of benzene rings is 2. The third-order valence-electron chi connectivity index (χ3n) is 4.04. The summed E-state index contributed by atoms with van der Waals surface area (Å²) in [6.07, 6.45) is -0.0756. The molecule has 0 saturated carbocycles. The number of carbonyl (C=O) groups excluding carboxylic acids is 2. The van der Waals surface area contributed by atoms with Gasteiger partial charge >= 0.3 is 0 Å². The number of hydrogen-bond donors (Lipinski definition) is 1. The van der Waals surface area contributed by atoms with E-state index in [9.17, 15) is 9.59 Å². The van der Waals surface area contributed by atoms with Gasteiger partial charge in [0.2, 0.25) is 0 Å². The molecule has 28 heavy (non-hydrogen) atoms. The van der Waals surface area contributed by atoms with Crippen molar-refractivity contribution < 1.29 is 19.1 Å². The van der Waals surface area contributed by atoms with Crippen LogP contribution in [0.5, 0.6) is 11.5 Å². The van der Waals surface area contributed by atoms with Crippen LogP contribution in [0.25, 0.3) is 0 Å². The van der Waals surface area contributed by atoms with Crippen molar-refractivity contribution in [2.75, 3.05) is 21.2 Å². The molecular formula is C21H25ClN2O4. The predicted octanol–water partition coefficient (Wildman–Crippen LogP) is 3.77. The minimum absolute atomic E-state index is 0.0756. The molecule has 0 heterocycles. The first-order valence-electron chi connectivity index (χ1n) is 8.87. The van der Waals surface area contributed by atoms with Gasteiger partial charge < -0.3 is 19.7 Å². The second kappa shape index (κ2) is 9.46. The van der Waals surface area contributed by atoms with Crippen molar-refractivity contribution >= 4 is 23.4 Å². The zero-order chi connectivity index (χ0) is 20.8. The molecule has 0 atom stereocenters. The van der Waals surface area contributed by atoms with Crippen molar-refractivity contribution in [3.63, 3.8) is 0 Å². The first-order chi connectivity index (χ1) is 13.3. The Morgan fingerprint density at radius 3 is 2.32 bits per heavy atom. The van der Waals surface area contributed by atoms with Crippen molar-refractivity contribution in [1.29, 1.82) is 0 Å². The van der Waals surface area contributed by atoms with Crippen LogP contribution in [-0.4, -0.2) is 44.0 Å². The van der Waals surface area contributed by atoms with Gasteiger partial charge in [0.1, 0.15) is 0 Å². The summed E-state index contributed by atoms with van der Waals surface area (Å²) in [5.74, 6) is 0.476. The molecule has 0 bridgehead atoms. The molecule has 6 nitrogen and oxygen atoms in total. The summed E-state index contributed by atoms with van der Waals surface area (Å²) in [4.78, 5) is 26.0. The lowest BCUT2D eigenvalue weighted by molar-refractivity contribution is 0.0784. The van der Waals surface area contributed by atoms with Crippen molar-refractivity contribution in [3.8, 4) is 11.5 Å². The lowest BCUT2D eigenvalue weighted by Crippen LogP contribution is -2.26. The van der Waals surface area contributed by atoms with E-state index in [-0.39, 0.29) is 17.9 Å². The molecule has 150 valence electrons. The van der Waals surface area contributed by atoms with Crippen LogP contribution in [0.4, 0.5) is 0 Å². The third-order valence-corrected chi connectivity index (χ3v) is 4.32. The molecule has 0 saturated heterocycles. The highest BCUT2D eigenvalue weighted by molar-refractivity contribution is 6.32. The maximum Gasteiger partial charge on any atom is 0.254 e. The first-order valence-corrected chi connectivity index (χ1v) is 9.25. The van der Waals surface area contributed by atoms with E-state index in [2.05, 4.69) is 5.32 Å². The minimum atomic E-state index is -0.202. The van der Waals surface area contributed by atoms with E-state index in [4.69, 9.17) is 21.1 Å². The fraction of sp³-hybridized carbons (Fsp3) is 0.333. The fourth-order valence-corrected chi connectivity index (χ4v) is 2.92. The van der Waals surface area contributed by atoms with Crippen molar-refractivity contribution in [1.82, 2.24) is 10.2 Å². The number of methoxy groups -OCH3 is 1. The van der Waals surface area contributed by atoms with Gasteiger partial charge in [0.15, 0.2) is 11.5 Å². The van der Waals surface area contributed by atoms with Crippen molar-refractivity contribution in [3.05, 3.63) is 58.1 Å². The highest BCUT2D eigenvalue weighted by Crippen LogP contribution is 2.37. The second-order valence-corrected chi connectivity index (χ2v) is 7.00. The molecule has 0 unspecified atom stereocenters. The number of halogens is 1. The highest BCUT2D eigenvalue weighted by atomic mass is 35.5. The molecule has 2 amide bonds. The number of hydrogen-bond acceptors (Lipinski definition) is 4. The van der Waals surface area contributed by atoms with Gasteiger partial charge in [0, 0.05) is 31.8 Å². The largest absolute Gasteiger partial charge is 0.493 e. The average molecular weight is 405 g/mol. The number of rotatable bonds is 7. The average Bonchev–Trinajstić information content (AvgIpc) is 2.68. The number of carbonyl (C=O) groups is 2. The summed E-state index contributed by atoms with van der Waals surface area (Å²) in [5, 5.41) is 2.89. The minimum Gasteiger partial charge on any atom is -0.493 e. The second-order valence-electron chi connectivity index (χ2n) is 6.59. The molecule has 2 aromatic rings. The van der Waals surface area contributed by atoms with Crippen molar-refractivity contribution in [2.24, 2.45) is 0 Å². The standard InChI is InChI=1S/C21H25ClN2O4/c1-13(2)28-19-17(22)10-16(11-18(19)27-5)21(26)24(4)12-14-6-8-15(9-7-14)20(25)23-3/h6-11,13H,12H2,1-5H3,(H,23,25). The fourth-order valence-electron chi connectivity index (χ4n) is 2.67. The van der Waals surface area contributed by atoms with E-state index in [1.165, 1.54) is 7.11 Å². The van der Waals surface area contributed by atoms with Crippen LogP contribution in [-0.2, 0) is 6.54 Å². The smallest absolute Gasteiger partial charge is 0.254 e. The van der Waals surface area contributed by atoms with E-state index in [0.29, 0.717) is 34.2 Å². The lowest BCUT2D eigenvalue weighted by atomic mass is 10.1. The molecular weight excluding hydrogens is 380 g/mol. The Balaban J connectivity index is 2.18. The van der Waals surface area contributed by atoms with Crippen molar-refractivity contribution in [2.45, 2.75) is 26.5 Å². The number of ether oxygens (including phenoxy) is 2. The summed E-state index contributed by atoms with van der Waals surface area (Å²) in [5.41, 5.74) is 1.88. The molecule has 0 aliphatic rings. The summed E-state index contributed by atoms with van der Waals surface area (Å²) >= 11 is 6.31. The van der Waals surface area contributed by atoms with E-state index in [1.54, 1.807) is 43.3 Å². The predicted molar refractivity (Wildman–Crippen MR) is 109 cm³/mol. The number of nitrogens with one attached hydrogen (secondary N) is 1.